The molecule has 288 valence electrons. The van der Waals surface area contributed by atoms with Gasteiger partial charge in [0.15, 0.2) is 6.10 Å². The van der Waals surface area contributed by atoms with Crippen LogP contribution in [0, 0.1) is 0 Å². The van der Waals surface area contributed by atoms with E-state index in [4.69, 9.17) is 24.3 Å². The van der Waals surface area contributed by atoms with Gasteiger partial charge in [-0.3, -0.25) is 18.6 Å². The first-order valence-electron chi connectivity index (χ1n) is 19.3. The zero-order valence-corrected chi connectivity index (χ0v) is 32.3. The first kappa shape index (κ1) is 47.7. The third-order valence-electron chi connectivity index (χ3n) is 7.64. The van der Waals surface area contributed by atoms with Crippen LogP contribution in [0.25, 0.3) is 0 Å². The Labute approximate surface area is 304 Å². The first-order valence-corrected chi connectivity index (χ1v) is 20.8. The molecule has 0 amide bonds. The molecule has 10 heteroatoms. The maximum absolute atomic E-state index is 12.5. The summed E-state index contributed by atoms with van der Waals surface area (Å²) in [5.74, 6) is -0.872. The van der Waals surface area contributed by atoms with Gasteiger partial charge in [0.2, 0.25) is 0 Å². The highest BCUT2D eigenvalue weighted by Crippen LogP contribution is 2.43. The Kier molecular flexibility index (Phi) is 34.8. The molecule has 0 aromatic rings. The molecule has 0 spiro atoms. The zero-order valence-electron chi connectivity index (χ0n) is 31.4. The minimum absolute atomic E-state index is 0.0454. The minimum atomic E-state index is -4.38. The van der Waals surface area contributed by atoms with E-state index in [2.05, 4.69) is 74.6 Å². The number of unbranched alkanes of at least 4 members (excludes halogenated alkanes) is 12. The average Bonchev–Trinajstić information content (AvgIpc) is 3.10. The molecule has 9 nitrogen and oxygen atoms in total. The molecule has 0 aromatic heterocycles. The van der Waals surface area contributed by atoms with E-state index in [9.17, 15) is 19.0 Å². The summed E-state index contributed by atoms with van der Waals surface area (Å²) in [5.41, 5.74) is 5.33. The van der Waals surface area contributed by atoms with Crippen molar-refractivity contribution in [2.24, 2.45) is 5.73 Å². The quantitative estimate of drug-likeness (QED) is 0.0283. The third kappa shape index (κ3) is 35.5. The molecule has 0 bridgehead atoms. The van der Waals surface area contributed by atoms with Gasteiger partial charge in [-0.2, -0.15) is 0 Å². The van der Waals surface area contributed by atoms with Gasteiger partial charge >= 0.3 is 19.8 Å². The predicted octanol–water partition coefficient (Wildman–Crippen LogP) is 10.5. The monoisotopic (exact) mass is 723 g/mol. The lowest BCUT2D eigenvalue weighted by Crippen LogP contribution is -2.29. The number of allylic oxidation sites excluding steroid dienone is 10. The Morgan fingerprint density at radius 1 is 0.620 bits per heavy atom. The highest BCUT2D eigenvalue weighted by molar-refractivity contribution is 7.47. The maximum Gasteiger partial charge on any atom is 0.472 e. The minimum Gasteiger partial charge on any atom is -0.462 e. The lowest BCUT2D eigenvalue weighted by atomic mass is 10.1. The fraction of sp³-hybridized carbons (Fsp3) is 0.700. The second-order valence-electron chi connectivity index (χ2n) is 12.4. The van der Waals surface area contributed by atoms with Crippen molar-refractivity contribution in [1.29, 1.82) is 0 Å². The lowest BCUT2D eigenvalue weighted by molar-refractivity contribution is -0.161. The van der Waals surface area contributed by atoms with Crippen molar-refractivity contribution in [2.75, 3.05) is 26.4 Å². The van der Waals surface area contributed by atoms with Crippen molar-refractivity contribution in [3.05, 3.63) is 60.8 Å². The predicted molar refractivity (Wildman–Crippen MR) is 206 cm³/mol. The van der Waals surface area contributed by atoms with Crippen molar-refractivity contribution in [3.8, 4) is 0 Å². The number of carbonyl (C=O) groups is 2. The Balaban J connectivity index is 4.29. The normalized spacial score (nSPS) is 14.1. The van der Waals surface area contributed by atoms with Crippen LogP contribution >= 0.6 is 7.82 Å². The average molecular weight is 724 g/mol. The van der Waals surface area contributed by atoms with Gasteiger partial charge in [-0.05, 0) is 70.6 Å². The molecule has 0 aliphatic rings. The number of phosphoric acid groups is 1. The molecule has 0 radical (unpaired) electrons. The van der Waals surface area contributed by atoms with Crippen molar-refractivity contribution < 1.29 is 37.6 Å². The van der Waals surface area contributed by atoms with E-state index in [1.165, 1.54) is 12.8 Å². The van der Waals surface area contributed by atoms with E-state index in [0.717, 1.165) is 96.3 Å². The van der Waals surface area contributed by atoms with Crippen LogP contribution in [0.1, 0.15) is 149 Å². The standard InChI is InChI=1S/C40H70NO8P/c1-3-5-7-9-11-13-15-17-19-21-23-25-27-29-31-33-40(43)49-38(37-48-50(44,45)47-35-34-41)36-46-39(42)32-30-28-26-24-22-20-18-16-14-12-10-8-6-4-2/h5,7,10-13,16-19,38H,3-4,6,8-9,14-15,20-37,41H2,1-2H3,(H,44,45)/b7-5-,12-10-,13-11-,18-16-,19-17-. The second kappa shape index (κ2) is 36.5. The van der Waals surface area contributed by atoms with Gasteiger partial charge in [-0.1, -0.05) is 126 Å². The van der Waals surface area contributed by atoms with Crippen LogP contribution in [0.5, 0.6) is 0 Å². The fourth-order valence-electron chi connectivity index (χ4n) is 4.78. The van der Waals surface area contributed by atoms with Crippen LogP contribution in [0.2, 0.25) is 0 Å². The molecule has 0 rings (SSSR count). The topological polar surface area (TPSA) is 134 Å². The van der Waals surface area contributed by atoms with Crippen LogP contribution in [-0.2, 0) is 32.7 Å². The summed E-state index contributed by atoms with van der Waals surface area (Å²) in [6.07, 6.45) is 41.0. The smallest absolute Gasteiger partial charge is 0.462 e. The Morgan fingerprint density at radius 3 is 1.64 bits per heavy atom. The summed E-state index contributed by atoms with van der Waals surface area (Å²) in [7, 11) is -4.38. The first-order chi connectivity index (χ1) is 24.3. The largest absolute Gasteiger partial charge is 0.472 e. The van der Waals surface area contributed by atoms with E-state index in [0.29, 0.717) is 12.8 Å². The molecule has 0 aromatic carbocycles. The summed E-state index contributed by atoms with van der Waals surface area (Å²) >= 11 is 0. The summed E-state index contributed by atoms with van der Waals surface area (Å²) < 4.78 is 32.6. The SMILES string of the molecule is CC/C=C\C/C=C\C/C=C\CCCCCCCC(=O)OC(COC(=O)CCCCCCC/C=C\C/C=C\CCCC)COP(=O)(O)OCCN. The van der Waals surface area contributed by atoms with Gasteiger partial charge in [0.1, 0.15) is 6.61 Å². The van der Waals surface area contributed by atoms with E-state index in [-0.39, 0.29) is 32.6 Å². The molecule has 2 unspecified atom stereocenters. The summed E-state index contributed by atoms with van der Waals surface area (Å²) in [6, 6.07) is 0. The van der Waals surface area contributed by atoms with Crippen LogP contribution in [0.15, 0.2) is 60.8 Å². The van der Waals surface area contributed by atoms with E-state index >= 15 is 0 Å². The molecule has 0 saturated carbocycles. The highest BCUT2D eigenvalue weighted by atomic mass is 31.2. The lowest BCUT2D eigenvalue weighted by Gasteiger charge is -2.19. The molecule has 0 aliphatic carbocycles. The van der Waals surface area contributed by atoms with Crippen LogP contribution in [-0.4, -0.2) is 49.3 Å². The van der Waals surface area contributed by atoms with Gasteiger partial charge in [-0.25, -0.2) is 4.57 Å². The Bertz CT molecular complexity index is 1010. The van der Waals surface area contributed by atoms with Crippen molar-refractivity contribution in [1.82, 2.24) is 0 Å². The zero-order chi connectivity index (χ0) is 36.8. The van der Waals surface area contributed by atoms with E-state index < -0.39 is 32.5 Å². The molecule has 50 heavy (non-hydrogen) atoms. The number of hydrogen-bond acceptors (Lipinski definition) is 8. The Morgan fingerprint density at radius 2 is 1.10 bits per heavy atom. The summed E-state index contributed by atoms with van der Waals surface area (Å²) in [5, 5.41) is 0. The number of hydrogen-bond donors (Lipinski definition) is 2. The van der Waals surface area contributed by atoms with Crippen LogP contribution in [0.4, 0.5) is 0 Å². The van der Waals surface area contributed by atoms with Crippen LogP contribution in [0.3, 0.4) is 0 Å². The van der Waals surface area contributed by atoms with Gasteiger partial charge in [-0.15, -0.1) is 0 Å². The fourth-order valence-corrected chi connectivity index (χ4v) is 5.55. The van der Waals surface area contributed by atoms with Gasteiger partial charge in [0.05, 0.1) is 13.2 Å². The number of carbonyl (C=O) groups excluding carboxylic acids is 2. The molecule has 0 fully saturated rings. The molecule has 3 N–H and O–H groups in total. The highest BCUT2D eigenvalue weighted by Gasteiger charge is 2.25. The molecular weight excluding hydrogens is 653 g/mol. The van der Waals surface area contributed by atoms with Gasteiger partial charge in [0.25, 0.3) is 0 Å². The molecule has 0 aliphatic heterocycles. The maximum atomic E-state index is 12.5. The van der Waals surface area contributed by atoms with Gasteiger partial charge < -0.3 is 20.1 Å². The summed E-state index contributed by atoms with van der Waals surface area (Å²) in [6.45, 7) is 3.51. The van der Waals surface area contributed by atoms with Crippen molar-refractivity contribution in [3.63, 3.8) is 0 Å². The molecule has 0 saturated heterocycles. The number of esters is 2. The van der Waals surface area contributed by atoms with Crippen molar-refractivity contribution in [2.45, 2.75) is 155 Å². The van der Waals surface area contributed by atoms with E-state index in [1.54, 1.807) is 0 Å². The molecule has 2 atom stereocenters. The number of ether oxygens (including phenoxy) is 2. The van der Waals surface area contributed by atoms with Gasteiger partial charge in [0, 0.05) is 19.4 Å². The number of phosphoric ester groups is 1. The van der Waals surface area contributed by atoms with E-state index in [1.807, 2.05) is 0 Å². The number of nitrogens with two attached hydrogens (primary N) is 1. The van der Waals surface area contributed by atoms with Crippen LogP contribution < -0.4 is 5.73 Å². The molecular formula is C40H70NO8P. The Hall–Kier alpha value is -2.29. The second-order valence-corrected chi connectivity index (χ2v) is 13.9. The molecule has 0 heterocycles. The third-order valence-corrected chi connectivity index (χ3v) is 8.62. The van der Waals surface area contributed by atoms with Crippen molar-refractivity contribution >= 4 is 19.8 Å². The summed E-state index contributed by atoms with van der Waals surface area (Å²) in [4.78, 5) is 34.7. The number of rotatable bonds is 35.